The predicted molar refractivity (Wildman–Crippen MR) is 129 cm³/mol. The van der Waals surface area contributed by atoms with Crippen molar-refractivity contribution in [1.82, 2.24) is 10.2 Å². The van der Waals surface area contributed by atoms with Gasteiger partial charge in [-0.2, -0.15) is 0 Å². The van der Waals surface area contributed by atoms with E-state index in [9.17, 15) is 14.7 Å². The number of benzene rings is 2. The molecule has 0 aromatic heterocycles. The Morgan fingerprint density at radius 1 is 1.03 bits per heavy atom. The largest absolute Gasteiger partial charge is 0.393 e. The molecule has 1 saturated heterocycles. The molecule has 1 atom stereocenters. The van der Waals surface area contributed by atoms with E-state index in [1.165, 1.54) is 6.08 Å². The normalized spacial score (nSPS) is 19.0. The van der Waals surface area contributed by atoms with Gasteiger partial charge in [-0.15, -0.1) is 0 Å². The number of nitrogens with one attached hydrogen (secondary N) is 2. The Bertz CT molecular complexity index is 1090. The molecule has 2 aliphatic heterocycles. The third-order valence-electron chi connectivity index (χ3n) is 5.87. The van der Waals surface area contributed by atoms with Gasteiger partial charge < -0.3 is 25.3 Å². The van der Waals surface area contributed by atoms with Crippen LogP contribution in [0.1, 0.15) is 21.5 Å². The molecule has 0 aliphatic carbocycles. The molecule has 1 unspecified atom stereocenters. The molecular weight excluding hydrogens is 420 g/mol. The molecule has 8 nitrogen and oxygen atoms in total. The van der Waals surface area contributed by atoms with Gasteiger partial charge in [-0.3, -0.25) is 14.9 Å². The van der Waals surface area contributed by atoms with Crippen LogP contribution < -0.4 is 15.5 Å². The molecule has 4 N–H and O–H groups in total. The Balaban J connectivity index is 1.54. The van der Waals surface area contributed by atoms with E-state index < -0.39 is 17.9 Å². The maximum absolute atomic E-state index is 12.6. The summed E-state index contributed by atoms with van der Waals surface area (Å²) >= 11 is 0. The van der Waals surface area contributed by atoms with E-state index in [0.29, 0.717) is 22.3 Å². The van der Waals surface area contributed by atoms with Gasteiger partial charge >= 0.3 is 0 Å². The van der Waals surface area contributed by atoms with Crippen LogP contribution in [0.2, 0.25) is 0 Å². The Labute approximate surface area is 192 Å². The molecule has 172 valence electrons. The molecule has 2 aromatic rings. The first kappa shape index (κ1) is 22.7. The number of carbonyl (C=O) groups is 2. The van der Waals surface area contributed by atoms with Gasteiger partial charge in [0.25, 0.3) is 11.8 Å². The van der Waals surface area contributed by atoms with Crippen LogP contribution in [-0.2, 0) is 4.79 Å². The molecule has 2 heterocycles. The second-order valence-corrected chi connectivity index (χ2v) is 8.24. The zero-order valence-corrected chi connectivity index (χ0v) is 18.5. The van der Waals surface area contributed by atoms with Gasteiger partial charge in [0.05, 0.1) is 18.3 Å². The molecule has 2 aromatic carbocycles. The van der Waals surface area contributed by atoms with Crippen LogP contribution in [0.5, 0.6) is 0 Å². The topological polar surface area (TPSA) is 105 Å². The maximum Gasteiger partial charge on any atom is 0.260 e. The number of hydrogen-bond donors (Lipinski definition) is 4. The molecule has 8 heteroatoms. The van der Waals surface area contributed by atoms with Gasteiger partial charge in [-0.1, -0.05) is 18.2 Å². The number of piperazine rings is 1. The number of hydrogen-bond acceptors (Lipinski definition) is 7. The average Bonchev–Trinajstić information content (AvgIpc) is 2.83. The number of aliphatic hydroxyl groups excluding tert-OH is 2. The smallest absolute Gasteiger partial charge is 0.260 e. The Hall–Kier alpha value is -3.46. The molecule has 0 radical (unpaired) electrons. The monoisotopic (exact) mass is 448 g/mol. The van der Waals surface area contributed by atoms with Gasteiger partial charge in [0, 0.05) is 54.9 Å². The zero-order chi connectivity index (χ0) is 23.4. The summed E-state index contributed by atoms with van der Waals surface area (Å²) in [6.07, 6.45) is 3.72. The van der Waals surface area contributed by atoms with Crippen molar-refractivity contribution in [2.45, 2.75) is 6.10 Å². The van der Waals surface area contributed by atoms with Crippen molar-refractivity contribution in [1.29, 1.82) is 0 Å². The van der Waals surface area contributed by atoms with Crippen LogP contribution in [0.15, 0.2) is 54.7 Å². The first-order valence-electron chi connectivity index (χ1n) is 10.9. The highest BCUT2D eigenvalue weighted by atomic mass is 16.3. The van der Waals surface area contributed by atoms with Gasteiger partial charge in [0.2, 0.25) is 0 Å². The summed E-state index contributed by atoms with van der Waals surface area (Å²) in [6.45, 7) is 3.67. The van der Waals surface area contributed by atoms with Crippen molar-refractivity contribution in [2.24, 2.45) is 0 Å². The van der Waals surface area contributed by atoms with Crippen molar-refractivity contribution < 1.29 is 19.8 Å². The molecule has 2 amide bonds. The lowest BCUT2D eigenvalue weighted by Gasteiger charge is -2.34. The molecule has 4 rings (SSSR count). The fraction of sp³-hybridized carbons (Fsp3) is 0.280. The minimum Gasteiger partial charge on any atom is -0.393 e. The second-order valence-electron chi connectivity index (χ2n) is 8.24. The number of nitrogens with zero attached hydrogens (tertiary/aromatic N) is 2. The first-order valence-corrected chi connectivity index (χ1v) is 10.9. The summed E-state index contributed by atoms with van der Waals surface area (Å²) in [7, 11) is 2.13. The predicted octanol–water partition coefficient (Wildman–Crippen LogP) is 1.53. The average molecular weight is 449 g/mol. The summed E-state index contributed by atoms with van der Waals surface area (Å²) in [5.74, 6) is -0.930. The fourth-order valence-corrected chi connectivity index (χ4v) is 3.86. The lowest BCUT2D eigenvalue weighted by atomic mass is 9.93. The summed E-state index contributed by atoms with van der Waals surface area (Å²) < 4.78 is 0. The summed E-state index contributed by atoms with van der Waals surface area (Å²) in [4.78, 5) is 29.5. The third-order valence-corrected chi connectivity index (χ3v) is 5.87. The number of likely N-dealkylation sites (N-methyl/N-ethyl adjacent to an activating group) is 1. The molecule has 33 heavy (non-hydrogen) atoms. The van der Waals surface area contributed by atoms with E-state index >= 15 is 0 Å². The van der Waals surface area contributed by atoms with E-state index in [1.807, 2.05) is 12.1 Å². The van der Waals surface area contributed by atoms with Crippen molar-refractivity contribution >= 4 is 34.8 Å². The molecule has 0 saturated carbocycles. The number of carbonyl (C=O) groups excluding carboxylic acids is 2. The molecule has 0 bridgehead atoms. The Morgan fingerprint density at radius 2 is 1.76 bits per heavy atom. The van der Waals surface area contributed by atoms with Gasteiger partial charge in [0.1, 0.15) is 0 Å². The van der Waals surface area contributed by atoms with E-state index in [4.69, 9.17) is 5.11 Å². The molecule has 1 fully saturated rings. The highest BCUT2D eigenvalue weighted by molar-refractivity contribution is 6.31. The van der Waals surface area contributed by atoms with E-state index in [-0.39, 0.29) is 6.61 Å². The van der Waals surface area contributed by atoms with Gasteiger partial charge in [-0.05, 0) is 49.0 Å². The van der Waals surface area contributed by atoms with Crippen molar-refractivity contribution in [3.8, 4) is 0 Å². The van der Waals surface area contributed by atoms with Crippen molar-refractivity contribution in [2.75, 3.05) is 50.1 Å². The number of amides is 2. The molecule has 0 spiro atoms. The minimum absolute atomic E-state index is 0.339. The minimum atomic E-state index is -0.976. The standard InChI is InChI=1S/C25H28N4O4/c1-28-10-12-29(13-11-28)19-6-4-18(5-7-19)26-15-23-22-14-17(2-8-20(31)16-30)3-9-21(22)24(32)27-25(23)33/h2-9,14-15,20,26,30-31H,10-13,16H2,1H3,(H,27,32,33). The zero-order valence-electron chi connectivity index (χ0n) is 18.5. The number of imide groups is 1. The number of fused-ring (bicyclic) bond motifs is 1. The van der Waals surface area contributed by atoms with E-state index in [0.717, 1.165) is 37.6 Å². The number of rotatable bonds is 6. The quantitative estimate of drug-likeness (QED) is 0.392. The van der Waals surface area contributed by atoms with Crippen LogP contribution in [-0.4, -0.2) is 72.9 Å². The van der Waals surface area contributed by atoms with Crippen LogP contribution >= 0.6 is 0 Å². The second kappa shape index (κ2) is 9.99. The van der Waals surface area contributed by atoms with E-state index in [1.54, 1.807) is 30.5 Å². The third kappa shape index (κ3) is 5.31. The van der Waals surface area contributed by atoms with Gasteiger partial charge in [0.15, 0.2) is 0 Å². The lowest BCUT2D eigenvalue weighted by molar-refractivity contribution is -0.114. The maximum atomic E-state index is 12.6. The van der Waals surface area contributed by atoms with Crippen molar-refractivity contribution in [3.63, 3.8) is 0 Å². The Kier molecular flexibility index (Phi) is 6.88. The SMILES string of the molecule is CN1CCN(c2ccc(NC=C3C(=O)NC(=O)c4ccc(C=CC(O)CO)cc43)cc2)CC1. The molecular formula is C25H28N4O4. The summed E-state index contributed by atoms with van der Waals surface area (Å²) in [5, 5.41) is 24.0. The fourth-order valence-electron chi connectivity index (χ4n) is 3.86. The van der Waals surface area contributed by atoms with Crippen LogP contribution in [0.25, 0.3) is 11.6 Å². The highest BCUT2D eigenvalue weighted by Gasteiger charge is 2.27. The summed E-state index contributed by atoms with van der Waals surface area (Å²) in [5.41, 5.74) is 3.93. The lowest BCUT2D eigenvalue weighted by Crippen LogP contribution is -2.44. The number of aliphatic hydroxyl groups is 2. The van der Waals surface area contributed by atoms with Crippen molar-refractivity contribution in [3.05, 3.63) is 71.4 Å². The number of anilines is 2. The van der Waals surface area contributed by atoms with Gasteiger partial charge in [-0.25, -0.2) is 0 Å². The molecule has 2 aliphatic rings. The summed E-state index contributed by atoms with van der Waals surface area (Å²) in [6, 6.07) is 13.1. The highest BCUT2D eigenvalue weighted by Crippen LogP contribution is 2.27. The van der Waals surface area contributed by atoms with Crippen LogP contribution in [0.3, 0.4) is 0 Å². The van der Waals surface area contributed by atoms with Crippen LogP contribution in [0, 0.1) is 0 Å². The van der Waals surface area contributed by atoms with Crippen LogP contribution in [0.4, 0.5) is 11.4 Å². The Morgan fingerprint density at radius 3 is 2.45 bits per heavy atom. The van der Waals surface area contributed by atoms with E-state index in [2.05, 4.69) is 39.6 Å². The first-order chi connectivity index (χ1) is 15.9.